The number of hydrogen-bond donors (Lipinski definition) is 3. The van der Waals surface area contributed by atoms with E-state index in [4.69, 9.17) is 5.73 Å². The molecule has 2 rings (SSSR count). The Balaban J connectivity index is 2.18. The van der Waals surface area contributed by atoms with Gasteiger partial charge in [-0.25, -0.2) is 4.98 Å². The molecule has 5 heteroatoms. The molecule has 1 amide bonds. The average molecular weight is 218 g/mol. The minimum atomic E-state index is -0.492. The molecule has 0 aliphatic rings. The van der Waals surface area contributed by atoms with Gasteiger partial charge in [-0.05, 0) is 18.6 Å². The first kappa shape index (κ1) is 10.6. The maximum atomic E-state index is 11.5. The zero-order valence-electron chi connectivity index (χ0n) is 9.03. The first-order chi connectivity index (χ1) is 7.70. The smallest absolute Gasteiger partial charge is 0.243 e. The van der Waals surface area contributed by atoms with Gasteiger partial charge in [-0.2, -0.15) is 0 Å². The zero-order valence-corrected chi connectivity index (χ0v) is 9.03. The number of aromatic nitrogens is 2. The molecule has 0 unspecified atom stereocenters. The van der Waals surface area contributed by atoms with Gasteiger partial charge in [-0.15, -0.1) is 0 Å². The minimum Gasteiger partial charge on any atom is -0.324 e. The number of amides is 1. The number of benzene rings is 1. The van der Waals surface area contributed by atoms with E-state index in [0.29, 0.717) is 12.4 Å². The van der Waals surface area contributed by atoms with Gasteiger partial charge in [0.1, 0.15) is 0 Å². The second-order valence-corrected chi connectivity index (χ2v) is 3.61. The Bertz CT molecular complexity index is 472. The molecule has 84 valence electrons. The summed E-state index contributed by atoms with van der Waals surface area (Å²) >= 11 is 0. The molecule has 1 aromatic heterocycles. The Hall–Kier alpha value is -1.88. The number of hydrogen-bond acceptors (Lipinski definition) is 3. The molecule has 1 atom stereocenters. The van der Waals surface area contributed by atoms with E-state index in [9.17, 15) is 4.79 Å². The molecule has 4 N–H and O–H groups in total. The van der Waals surface area contributed by atoms with E-state index >= 15 is 0 Å². The molecular formula is C11H14N4O. The highest BCUT2D eigenvalue weighted by Gasteiger charge is 2.12. The maximum Gasteiger partial charge on any atom is 0.243 e. The number of para-hydroxylation sites is 2. The lowest BCUT2D eigenvalue weighted by atomic mass is 10.2. The summed E-state index contributed by atoms with van der Waals surface area (Å²) in [4.78, 5) is 18.8. The molecule has 2 aromatic rings. The van der Waals surface area contributed by atoms with Crippen LogP contribution < -0.4 is 11.1 Å². The summed E-state index contributed by atoms with van der Waals surface area (Å²) in [6.45, 7) is 1.86. The number of nitrogens with two attached hydrogens (primary N) is 1. The molecule has 0 saturated carbocycles. The molecule has 5 nitrogen and oxygen atoms in total. The van der Waals surface area contributed by atoms with Crippen molar-refractivity contribution < 1.29 is 4.79 Å². The summed E-state index contributed by atoms with van der Waals surface area (Å²) in [5.74, 6) is 0.219. The minimum absolute atomic E-state index is 0.221. The van der Waals surface area contributed by atoms with Crippen molar-refractivity contribution in [3.8, 4) is 0 Å². The highest BCUT2D eigenvalue weighted by molar-refractivity contribution is 5.94. The van der Waals surface area contributed by atoms with E-state index in [1.807, 2.05) is 31.2 Å². The summed E-state index contributed by atoms with van der Waals surface area (Å²) < 4.78 is 0. The highest BCUT2D eigenvalue weighted by atomic mass is 16.2. The van der Waals surface area contributed by atoms with Crippen molar-refractivity contribution in [1.82, 2.24) is 9.97 Å². The van der Waals surface area contributed by atoms with Crippen LogP contribution in [0.5, 0.6) is 0 Å². The number of nitrogens with zero attached hydrogens (tertiary/aromatic N) is 1. The molecule has 0 radical (unpaired) electrons. The summed E-state index contributed by atoms with van der Waals surface area (Å²) in [5.41, 5.74) is 7.32. The first-order valence-electron chi connectivity index (χ1n) is 5.22. The first-order valence-corrected chi connectivity index (χ1v) is 5.22. The lowest BCUT2D eigenvalue weighted by Crippen LogP contribution is -2.35. The van der Waals surface area contributed by atoms with Crippen molar-refractivity contribution in [1.29, 1.82) is 0 Å². The van der Waals surface area contributed by atoms with E-state index in [2.05, 4.69) is 15.3 Å². The third-order valence-corrected chi connectivity index (χ3v) is 2.41. The number of carbonyl (C=O) groups is 1. The number of imidazole rings is 1. The van der Waals surface area contributed by atoms with Crippen LogP contribution in [-0.4, -0.2) is 21.9 Å². The topological polar surface area (TPSA) is 83.8 Å². The van der Waals surface area contributed by atoms with Gasteiger partial charge in [-0.3, -0.25) is 10.1 Å². The number of anilines is 1. The van der Waals surface area contributed by atoms with E-state index in [0.717, 1.165) is 11.0 Å². The third kappa shape index (κ3) is 2.04. The second-order valence-electron chi connectivity index (χ2n) is 3.61. The van der Waals surface area contributed by atoms with Crippen LogP contribution in [0.3, 0.4) is 0 Å². The predicted octanol–water partition coefficient (Wildman–Crippen LogP) is 1.24. The van der Waals surface area contributed by atoms with Crippen molar-refractivity contribution in [2.24, 2.45) is 5.73 Å². The van der Waals surface area contributed by atoms with Gasteiger partial charge in [0.15, 0.2) is 0 Å². The molecule has 1 aromatic carbocycles. The van der Waals surface area contributed by atoms with Crippen molar-refractivity contribution >= 4 is 22.9 Å². The summed E-state index contributed by atoms with van der Waals surface area (Å²) in [6.07, 6.45) is 0.603. The van der Waals surface area contributed by atoms with Crippen LogP contribution >= 0.6 is 0 Å². The Morgan fingerprint density at radius 1 is 1.56 bits per heavy atom. The predicted molar refractivity (Wildman–Crippen MR) is 63.0 cm³/mol. The molecule has 0 fully saturated rings. The molecular weight excluding hydrogens is 204 g/mol. The Morgan fingerprint density at radius 3 is 3.00 bits per heavy atom. The van der Waals surface area contributed by atoms with Crippen molar-refractivity contribution in [2.45, 2.75) is 19.4 Å². The Kier molecular flexibility index (Phi) is 2.87. The molecule has 16 heavy (non-hydrogen) atoms. The number of nitrogens with one attached hydrogen (secondary N) is 2. The van der Waals surface area contributed by atoms with E-state index < -0.39 is 6.04 Å². The number of fused-ring (bicyclic) bond motifs is 1. The van der Waals surface area contributed by atoms with E-state index in [1.54, 1.807) is 0 Å². The van der Waals surface area contributed by atoms with Gasteiger partial charge in [0.25, 0.3) is 0 Å². The van der Waals surface area contributed by atoms with E-state index in [1.165, 1.54) is 0 Å². The van der Waals surface area contributed by atoms with Crippen molar-refractivity contribution in [2.75, 3.05) is 5.32 Å². The van der Waals surface area contributed by atoms with Crippen molar-refractivity contribution in [3.05, 3.63) is 24.3 Å². The number of rotatable bonds is 3. The number of carbonyl (C=O) groups excluding carboxylic acids is 1. The standard InChI is InChI=1S/C11H14N4O/c1-2-7(12)10(16)15-11-13-8-5-3-4-6-9(8)14-11/h3-7H,2,12H2,1H3,(H2,13,14,15,16)/t7-/m0/s1. The Labute approximate surface area is 93.1 Å². The summed E-state index contributed by atoms with van der Waals surface area (Å²) in [5, 5.41) is 2.65. The third-order valence-electron chi connectivity index (χ3n) is 2.41. The van der Waals surface area contributed by atoms with Gasteiger partial charge in [0.05, 0.1) is 17.1 Å². The lowest BCUT2D eigenvalue weighted by Gasteiger charge is -2.06. The molecule has 0 saturated heterocycles. The fraction of sp³-hybridized carbons (Fsp3) is 0.273. The zero-order chi connectivity index (χ0) is 11.5. The Morgan fingerprint density at radius 2 is 2.31 bits per heavy atom. The molecule has 0 aliphatic carbocycles. The van der Waals surface area contributed by atoms with Gasteiger partial charge >= 0.3 is 0 Å². The molecule has 0 bridgehead atoms. The van der Waals surface area contributed by atoms with Gasteiger partial charge < -0.3 is 10.7 Å². The van der Waals surface area contributed by atoms with Crippen LogP contribution in [0.15, 0.2) is 24.3 Å². The summed E-state index contributed by atoms with van der Waals surface area (Å²) in [7, 11) is 0. The average Bonchev–Trinajstić information content (AvgIpc) is 2.69. The van der Waals surface area contributed by atoms with Crippen LogP contribution in [-0.2, 0) is 4.79 Å². The highest BCUT2D eigenvalue weighted by Crippen LogP contribution is 2.13. The SMILES string of the molecule is CC[C@H](N)C(=O)Nc1nc2ccccc2[nH]1. The normalized spacial score (nSPS) is 12.6. The van der Waals surface area contributed by atoms with Gasteiger partial charge in [0, 0.05) is 0 Å². The van der Waals surface area contributed by atoms with Crippen LogP contribution in [0.4, 0.5) is 5.95 Å². The fourth-order valence-electron chi connectivity index (χ4n) is 1.41. The van der Waals surface area contributed by atoms with Crippen LogP contribution in [0.2, 0.25) is 0 Å². The van der Waals surface area contributed by atoms with Gasteiger partial charge in [-0.1, -0.05) is 19.1 Å². The largest absolute Gasteiger partial charge is 0.324 e. The van der Waals surface area contributed by atoms with Crippen LogP contribution in [0, 0.1) is 0 Å². The fourth-order valence-corrected chi connectivity index (χ4v) is 1.41. The van der Waals surface area contributed by atoms with Crippen LogP contribution in [0.1, 0.15) is 13.3 Å². The monoisotopic (exact) mass is 218 g/mol. The maximum absolute atomic E-state index is 11.5. The van der Waals surface area contributed by atoms with E-state index in [-0.39, 0.29) is 5.91 Å². The molecule has 1 heterocycles. The lowest BCUT2D eigenvalue weighted by molar-refractivity contribution is -0.117. The molecule has 0 aliphatic heterocycles. The number of H-pyrrole nitrogens is 1. The second kappa shape index (κ2) is 4.32. The molecule has 0 spiro atoms. The summed E-state index contributed by atoms with van der Waals surface area (Å²) in [6, 6.07) is 7.09. The quantitative estimate of drug-likeness (QED) is 0.724. The van der Waals surface area contributed by atoms with Gasteiger partial charge in [0.2, 0.25) is 11.9 Å². The number of aromatic amines is 1. The van der Waals surface area contributed by atoms with Crippen molar-refractivity contribution in [3.63, 3.8) is 0 Å². The van der Waals surface area contributed by atoms with Crippen LogP contribution in [0.25, 0.3) is 11.0 Å².